The lowest BCUT2D eigenvalue weighted by Crippen LogP contribution is -1.87. The van der Waals surface area contributed by atoms with E-state index in [0.29, 0.717) is 0 Å². The van der Waals surface area contributed by atoms with E-state index in [0.717, 1.165) is 6.42 Å². The number of para-hydroxylation sites is 1. The first-order valence-corrected chi connectivity index (χ1v) is 14.6. The minimum atomic E-state index is 0.984. The molecule has 1 aliphatic rings. The summed E-state index contributed by atoms with van der Waals surface area (Å²) in [4.78, 5) is 0. The van der Waals surface area contributed by atoms with E-state index in [1.54, 1.807) is 0 Å². The van der Waals surface area contributed by atoms with Crippen LogP contribution >= 0.6 is 0 Å². The van der Waals surface area contributed by atoms with Gasteiger partial charge in [-0.1, -0.05) is 77.9 Å². The maximum Gasteiger partial charge on any atom is 0.0620 e. The lowest BCUT2D eigenvalue weighted by atomic mass is 9.95. The van der Waals surface area contributed by atoms with Crippen LogP contribution in [0.4, 0.5) is 0 Å². The fraction of sp³-hybridized carbons (Fsp3) is 0.100. The minimum Gasteiger partial charge on any atom is -0.308 e. The van der Waals surface area contributed by atoms with Gasteiger partial charge < -0.3 is 4.40 Å². The van der Waals surface area contributed by atoms with Crippen molar-refractivity contribution in [3.8, 4) is 11.1 Å². The zero-order valence-corrected chi connectivity index (χ0v) is 23.5. The van der Waals surface area contributed by atoms with Crippen LogP contribution in [0.1, 0.15) is 27.8 Å². The lowest BCUT2D eigenvalue weighted by Gasteiger charge is -2.08. The summed E-state index contributed by atoms with van der Waals surface area (Å²) in [5.41, 5.74) is 13.3. The molecule has 9 rings (SSSR count). The summed E-state index contributed by atoms with van der Waals surface area (Å²) in [5, 5.41) is 10.4. The Morgan fingerprint density at radius 2 is 1.00 bits per heavy atom. The third-order valence-electron chi connectivity index (χ3n) is 9.28. The largest absolute Gasteiger partial charge is 0.308 e. The molecule has 0 spiro atoms. The van der Waals surface area contributed by atoms with Crippen LogP contribution in [0.2, 0.25) is 0 Å². The average molecular weight is 524 g/mol. The van der Waals surface area contributed by atoms with E-state index in [4.69, 9.17) is 0 Å². The maximum absolute atomic E-state index is 2.53. The highest BCUT2D eigenvalue weighted by molar-refractivity contribution is 6.25. The molecule has 1 aliphatic carbocycles. The van der Waals surface area contributed by atoms with Gasteiger partial charge >= 0.3 is 0 Å². The quantitative estimate of drug-likeness (QED) is 0.186. The predicted octanol–water partition coefficient (Wildman–Crippen LogP) is 10.8. The molecule has 0 fully saturated rings. The van der Waals surface area contributed by atoms with Crippen LogP contribution in [0.3, 0.4) is 0 Å². The molecule has 1 heteroatoms. The van der Waals surface area contributed by atoms with Crippen molar-refractivity contribution in [1.29, 1.82) is 0 Å². The molecule has 0 saturated carbocycles. The van der Waals surface area contributed by atoms with Crippen LogP contribution in [0.25, 0.3) is 70.8 Å². The van der Waals surface area contributed by atoms with Crippen LogP contribution in [-0.4, -0.2) is 4.40 Å². The molecular weight excluding hydrogens is 494 g/mol. The van der Waals surface area contributed by atoms with E-state index in [-0.39, 0.29) is 0 Å². The van der Waals surface area contributed by atoms with Gasteiger partial charge in [0.05, 0.1) is 16.6 Å². The molecule has 0 bridgehead atoms. The van der Waals surface area contributed by atoms with Crippen molar-refractivity contribution < 1.29 is 0 Å². The highest BCUT2D eigenvalue weighted by atomic mass is 14.9. The summed E-state index contributed by atoms with van der Waals surface area (Å²) in [5.74, 6) is 0. The summed E-state index contributed by atoms with van der Waals surface area (Å²) in [7, 11) is 0. The molecule has 0 saturated heterocycles. The summed E-state index contributed by atoms with van der Waals surface area (Å²) in [6, 6.07) is 41.7. The van der Waals surface area contributed by atoms with Gasteiger partial charge in [-0.3, -0.25) is 0 Å². The molecule has 2 heterocycles. The van der Waals surface area contributed by atoms with E-state index in [1.807, 2.05) is 0 Å². The van der Waals surface area contributed by atoms with Crippen molar-refractivity contribution in [2.24, 2.45) is 0 Å². The Morgan fingerprint density at radius 1 is 0.415 bits per heavy atom. The van der Waals surface area contributed by atoms with E-state index in [9.17, 15) is 0 Å². The normalized spacial score (nSPS) is 12.7. The summed E-state index contributed by atoms with van der Waals surface area (Å²) in [6.07, 6.45) is 0.984. The number of fused-ring (bicyclic) bond motifs is 13. The van der Waals surface area contributed by atoms with E-state index in [2.05, 4.69) is 134 Å². The van der Waals surface area contributed by atoms with Gasteiger partial charge in [-0.05, 0) is 119 Å². The zero-order valence-electron chi connectivity index (χ0n) is 23.5. The molecule has 0 unspecified atom stereocenters. The average Bonchev–Trinajstić information content (AvgIpc) is 3.51. The van der Waals surface area contributed by atoms with Crippen LogP contribution < -0.4 is 0 Å². The molecule has 194 valence electrons. The Morgan fingerprint density at radius 3 is 1.83 bits per heavy atom. The van der Waals surface area contributed by atoms with Gasteiger partial charge in [0.1, 0.15) is 0 Å². The second kappa shape index (κ2) is 8.08. The molecule has 0 radical (unpaired) electrons. The Hall–Kier alpha value is -4.88. The van der Waals surface area contributed by atoms with Gasteiger partial charge in [-0.15, -0.1) is 0 Å². The summed E-state index contributed by atoms with van der Waals surface area (Å²) >= 11 is 0. The van der Waals surface area contributed by atoms with Gasteiger partial charge in [-0.2, -0.15) is 0 Å². The topological polar surface area (TPSA) is 4.41 Å². The van der Waals surface area contributed by atoms with Crippen molar-refractivity contribution in [1.82, 2.24) is 4.40 Å². The van der Waals surface area contributed by atoms with Gasteiger partial charge in [0.25, 0.3) is 0 Å². The third kappa shape index (κ3) is 3.12. The number of rotatable bonds is 0. The molecule has 6 aromatic carbocycles. The van der Waals surface area contributed by atoms with Crippen LogP contribution in [-0.2, 0) is 6.42 Å². The van der Waals surface area contributed by atoms with Gasteiger partial charge in [0.2, 0.25) is 0 Å². The van der Waals surface area contributed by atoms with Gasteiger partial charge in [0, 0.05) is 21.5 Å². The molecule has 41 heavy (non-hydrogen) atoms. The molecule has 0 N–H and O–H groups in total. The van der Waals surface area contributed by atoms with Crippen molar-refractivity contribution >= 4 is 59.6 Å². The number of hydrogen-bond acceptors (Lipinski definition) is 0. The Bertz CT molecular complexity index is 2470. The van der Waals surface area contributed by atoms with Crippen LogP contribution in [0, 0.1) is 20.8 Å². The second-order valence-electron chi connectivity index (χ2n) is 12.0. The number of benzene rings is 6. The minimum absolute atomic E-state index is 0.984. The fourth-order valence-corrected chi connectivity index (χ4v) is 7.50. The monoisotopic (exact) mass is 523 g/mol. The highest BCUT2D eigenvalue weighted by Crippen LogP contribution is 2.44. The third-order valence-corrected chi connectivity index (χ3v) is 9.28. The van der Waals surface area contributed by atoms with E-state index < -0.39 is 0 Å². The molecule has 0 aliphatic heterocycles. The lowest BCUT2D eigenvalue weighted by molar-refractivity contribution is 1.26. The van der Waals surface area contributed by atoms with Crippen LogP contribution in [0.15, 0.2) is 109 Å². The molecule has 8 aromatic rings. The van der Waals surface area contributed by atoms with Crippen LogP contribution in [0.5, 0.6) is 0 Å². The van der Waals surface area contributed by atoms with Crippen molar-refractivity contribution in [2.45, 2.75) is 27.2 Å². The van der Waals surface area contributed by atoms with Crippen molar-refractivity contribution in [3.63, 3.8) is 0 Å². The SMILES string of the molecule is Cc1ccc2c(c1)-c1cc3c4ccccc4c4cc(C)cc5c6cc(C)ccc6n(c6ccccc6c3cc1C2)c45. The first kappa shape index (κ1) is 22.9. The molecule has 1 nitrogen and oxygen atoms in total. The van der Waals surface area contributed by atoms with Crippen molar-refractivity contribution in [2.75, 3.05) is 0 Å². The summed E-state index contributed by atoms with van der Waals surface area (Å²) < 4.78 is 2.53. The zero-order chi connectivity index (χ0) is 27.4. The standard InChI is InChI=1S/C40H29N/c1-23-12-14-26-20-27-21-33-30-10-6-7-11-38(30)41-39-15-13-24(2)17-35(39)37-19-25(3)18-36(40(37)41)29-9-5-4-8-28(29)34(33)22-32(27)31(26)16-23/h4-19,21-22H,20H2,1-3H3. The van der Waals surface area contributed by atoms with E-state index >= 15 is 0 Å². The number of hydrogen-bond donors (Lipinski definition) is 0. The molecule has 0 atom stereocenters. The first-order chi connectivity index (χ1) is 20.0. The highest BCUT2D eigenvalue weighted by Gasteiger charge is 2.21. The first-order valence-electron chi connectivity index (χ1n) is 14.6. The second-order valence-corrected chi connectivity index (χ2v) is 12.0. The number of aryl methyl sites for hydroxylation is 3. The Kier molecular flexibility index (Phi) is 4.51. The molecule has 0 amide bonds. The Labute approximate surface area is 238 Å². The number of aromatic nitrogens is 1. The number of nitrogens with zero attached hydrogens (tertiary/aromatic N) is 1. The smallest absolute Gasteiger partial charge is 0.0620 e. The van der Waals surface area contributed by atoms with Gasteiger partial charge in [-0.25, -0.2) is 0 Å². The van der Waals surface area contributed by atoms with E-state index in [1.165, 1.54) is 98.6 Å². The fourth-order valence-electron chi connectivity index (χ4n) is 7.50. The molecular formula is C40H29N. The van der Waals surface area contributed by atoms with Gasteiger partial charge in [0.15, 0.2) is 0 Å². The predicted molar refractivity (Wildman–Crippen MR) is 176 cm³/mol. The summed E-state index contributed by atoms with van der Waals surface area (Å²) in [6.45, 7) is 6.63. The Balaban J connectivity index is 1.65. The van der Waals surface area contributed by atoms with Crippen molar-refractivity contribution in [3.05, 3.63) is 137 Å². The maximum atomic E-state index is 2.53. The molecule has 2 aromatic heterocycles.